The number of nitrogens with one attached hydrogen (secondary N) is 2. The lowest BCUT2D eigenvalue weighted by molar-refractivity contribution is -0.148. The third-order valence-electron chi connectivity index (χ3n) is 6.84. The third kappa shape index (κ3) is 5.99. The monoisotopic (exact) mass is 496 g/mol. The smallest absolute Gasteiger partial charge is 0.407 e. The lowest BCUT2D eigenvalue weighted by Crippen LogP contribution is -2.54. The van der Waals surface area contributed by atoms with E-state index < -0.39 is 17.6 Å². The second-order valence-corrected chi connectivity index (χ2v) is 10.3. The summed E-state index contributed by atoms with van der Waals surface area (Å²) in [4.78, 5) is 36.4. The molecule has 0 atom stereocenters. The van der Waals surface area contributed by atoms with E-state index in [1.54, 1.807) is 0 Å². The first-order valence-corrected chi connectivity index (χ1v) is 13.4. The summed E-state index contributed by atoms with van der Waals surface area (Å²) in [6.45, 7) is 0.616. The van der Waals surface area contributed by atoms with Crippen molar-refractivity contribution in [3.8, 4) is 11.1 Å². The summed E-state index contributed by atoms with van der Waals surface area (Å²) in [7, 11) is 0. The molecule has 4 rings (SSSR count). The largest absolute Gasteiger partial charge is 0.480 e. The van der Waals surface area contributed by atoms with Crippen molar-refractivity contribution in [2.75, 3.05) is 24.7 Å². The number of alkyl carbamates (subject to hydrolysis) is 1. The number of benzene rings is 2. The van der Waals surface area contributed by atoms with Gasteiger partial charge in [-0.1, -0.05) is 74.2 Å². The third-order valence-corrected chi connectivity index (χ3v) is 7.80. The van der Waals surface area contributed by atoms with Crippen LogP contribution in [0.15, 0.2) is 48.5 Å². The van der Waals surface area contributed by atoms with Crippen LogP contribution in [0.25, 0.3) is 11.1 Å². The zero-order valence-electron chi connectivity index (χ0n) is 19.8. The Bertz CT molecular complexity index is 1020. The average Bonchev–Trinajstić information content (AvgIpc) is 2.98. The van der Waals surface area contributed by atoms with Crippen LogP contribution in [-0.4, -0.2) is 53.3 Å². The lowest BCUT2D eigenvalue weighted by Gasteiger charge is -2.29. The highest BCUT2D eigenvalue weighted by molar-refractivity contribution is 7.99. The fourth-order valence-electron chi connectivity index (χ4n) is 5.07. The summed E-state index contributed by atoms with van der Waals surface area (Å²) < 4.78 is 5.52. The van der Waals surface area contributed by atoms with Gasteiger partial charge in [0.25, 0.3) is 0 Å². The van der Waals surface area contributed by atoms with Gasteiger partial charge in [0.15, 0.2) is 0 Å². The predicted molar refractivity (Wildman–Crippen MR) is 137 cm³/mol. The fourth-order valence-corrected chi connectivity index (χ4v) is 5.72. The highest BCUT2D eigenvalue weighted by Gasteiger charge is 2.39. The van der Waals surface area contributed by atoms with E-state index in [0.29, 0.717) is 25.1 Å². The van der Waals surface area contributed by atoms with Crippen LogP contribution in [0.4, 0.5) is 4.79 Å². The minimum atomic E-state index is -1.15. The van der Waals surface area contributed by atoms with E-state index in [-0.39, 0.29) is 24.2 Å². The zero-order valence-corrected chi connectivity index (χ0v) is 20.6. The number of rotatable bonds is 9. The van der Waals surface area contributed by atoms with Crippen LogP contribution >= 0.6 is 11.8 Å². The highest BCUT2D eigenvalue weighted by atomic mass is 32.2. The maximum Gasteiger partial charge on any atom is 0.407 e. The van der Waals surface area contributed by atoms with E-state index in [1.165, 1.54) is 22.9 Å². The summed E-state index contributed by atoms with van der Waals surface area (Å²) in [5.74, 6) is -0.536. The summed E-state index contributed by atoms with van der Waals surface area (Å²) >= 11 is 1.36. The van der Waals surface area contributed by atoms with Gasteiger partial charge in [-0.25, -0.2) is 9.59 Å². The van der Waals surface area contributed by atoms with Crippen LogP contribution in [0.3, 0.4) is 0 Å². The quantitative estimate of drug-likeness (QED) is 0.347. The van der Waals surface area contributed by atoms with Crippen LogP contribution in [0, 0.1) is 0 Å². The van der Waals surface area contributed by atoms with E-state index in [4.69, 9.17) is 4.74 Å². The maximum absolute atomic E-state index is 12.4. The molecule has 0 aromatic heterocycles. The number of carboxylic acid groups (broad SMARTS) is 1. The minimum absolute atomic E-state index is 0.0109. The molecule has 2 aliphatic carbocycles. The number of carbonyl (C=O) groups is 3. The molecule has 186 valence electrons. The number of carbonyl (C=O) groups excluding carboxylic acids is 2. The molecular formula is C27H32N2O5S. The molecule has 0 heterocycles. The molecule has 8 heteroatoms. The number of fused-ring (bicyclic) bond motifs is 3. The number of hydrogen-bond donors (Lipinski definition) is 3. The van der Waals surface area contributed by atoms with Crippen LogP contribution in [-0.2, 0) is 14.3 Å². The molecule has 1 saturated carbocycles. The molecule has 2 amide bonds. The Morgan fingerprint density at radius 3 is 2.14 bits per heavy atom. The van der Waals surface area contributed by atoms with Crippen LogP contribution < -0.4 is 10.6 Å². The van der Waals surface area contributed by atoms with Crippen molar-refractivity contribution >= 4 is 29.7 Å². The number of aliphatic carboxylic acids is 1. The van der Waals surface area contributed by atoms with Gasteiger partial charge < -0.3 is 20.5 Å². The van der Waals surface area contributed by atoms with Crippen LogP contribution in [0.1, 0.15) is 55.6 Å². The lowest BCUT2D eigenvalue weighted by atomic mass is 9.90. The molecule has 35 heavy (non-hydrogen) atoms. The van der Waals surface area contributed by atoms with Gasteiger partial charge in [0, 0.05) is 18.2 Å². The van der Waals surface area contributed by atoms with Gasteiger partial charge in [-0.2, -0.15) is 11.8 Å². The summed E-state index contributed by atoms with van der Waals surface area (Å²) in [5.41, 5.74) is 3.54. The summed E-state index contributed by atoms with van der Waals surface area (Å²) in [6.07, 6.45) is 4.08. The minimum Gasteiger partial charge on any atom is -0.480 e. The number of ether oxygens (including phenoxy) is 1. The fraction of sp³-hybridized carbons (Fsp3) is 0.444. The SMILES string of the molecule is O=C(CSCCNC(=O)OCC1c2ccccc2-c2ccccc21)NC1(C(=O)O)CCCCCC1. The Morgan fingerprint density at radius 1 is 0.943 bits per heavy atom. The number of thioether (sulfide) groups is 1. The van der Waals surface area contributed by atoms with Gasteiger partial charge in [-0.15, -0.1) is 0 Å². The van der Waals surface area contributed by atoms with Gasteiger partial charge >= 0.3 is 12.1 Å². The average molecular weight is 497 g/mol. The molecule has 2 aromatic carbocycles. The van der Waals surface area contributed by atoms with E-state index in [0.717, 1.165) is 36.8 Å². The molecular weight excluding hydrogens is 464 g/mol. The molecule has 0 bridgehead atoms. The number of hydrogen-bond acceptors (Lipinski definition) is 5. The first-order chi connectivity index (χ1) is 17.0. The molecule has 0 spiro atoms. The molecule has 7 nitrogen and oxygen atoms in total. The predicted octanol–water partition coefficient (Wildman–Crippen LogP) is 4.55. The van der Waals surface area contributed by atoms with Crippen LogP contribution in [0.2, 0.25) is 0 Å². The van der Waals surface area contributed by atoms with Crippen LogP contribution in [0.5, 0.6) is 0 Å². The standard InChI is InChI=1S/C27H32N2O5S/c30-24(29-27(25(31)32)13-7-1-2-8-14-27)18-35-16-15-28-26(33)34-17-23-21-11-5-3-9-19(21)20-10-4-6-12-22(20)23/h3-6,9-12,23H,1-2,7-8,13-18H2,(H,28,33)(H,29,30)(H,31,32). The molecule has 0 radical (unpaired) electrons. The number of amides is 2. The molecule has 3 N–H and O–H groups in total. The molecule has 0 saturated heterocycles. The van der Waals surface area contributed by atoms with Crippen molar-refractivity contribution in [2.24, 2.45) is 0 Å². The van der Waals surface area contributed by atoms with E-state index in [2.05, 4.69) is 34.9 Å². The second kappa shape index (κ2) is 11.6. The van der Waals surface area contributed by atoms with Gasteiger partial charge in [0.2, 0.25) is 5.91 Å². The number of carboxylic acids is 1. The first-order valence-electron chi connectivity index (χ1n) is 12.2. The second-order valence-electron chi connectivity index (χ2n) is 9.15. The van der Waals surface area contributed by atoms with Crippen molar-refractivity contribution in [1.82, 2.24) is 10.6 Å². The van der Waals surface area contributed by atoms with E-state index >= 15 is 0 Å². The molecule has 0 unspecified atom stereocenters. The van der Waals surface area contributed by atoms with Gasteiger partial charge in [0.05, 0.1) is 5.75 Å². The van der Waals surface area contributed by atoms with Crippen molar-refractivity contribution in [3.63, 3.8) is 0 Å². The van der Waals surface area contributed by atoms with E-state index in [9.17, 15) is 19.5 Å². The Balaban J connectivity index is 1.17. The molecule has 1 fully saturated rings. The van der Waals surface area contributed by atoms with Gasteiger partial charge in [-0.3, -0.25) is 4.79 Å². The Kier molecular flexibility index (Phi) is 8.33. The van der Waals surface area contributed by atoms with Gasteiger partial charge in [0.1, 0.15) is 12.1 Å². The normalized spacial score (nSPS) is 16.5. The maximum atomic E-state index is 12.4. The zero-order chi connectivity index (χ0) is 24.7. The summed E-state index contributed by atoms with van der Waals surface area (Å²) in [6, 6.07) is 16.4. The Hall–Kier alpha value is -3.00. The van der Waals surface area contributed by atoms with Gasteiger partial charge in [-0.05, 0) is 35.1 Å². The summed E-state index contributed by atoms with van der Waals surface area (Å²) in [5, 5.41) is 15.2. The van der Waals surface area contributed by atoms with E-state index in [1.807, 2.05) is 24.3 Å². The first kappa shape index (κ1) is 25.1. The Morgan fingerprint density at radius 2 is 1.54 bits per heavy atom. The van der Waals surface area contributed by atoms with Crippen molar-refractivity contribution in [2.45, 2.75) is 50.0 Å². The topological polar surface area (TPSA) is 105 Å². The highest BCUT2D eigenvalue weighted by Crippen LogP contribution is 2.44. The van der Waals surface area contributed by atoms with Crippen molar-refractivity contribution in [3.05, 3.63) is 59.7 Å². The molecule has 2 aromatic rings. The Labute approximate surface area is 210 Å². The molecule has 0 aliphatic heterocycles. The van der Waals surface area contributed by atoms with Crippen molar-refractivity contribution < 1.29 is 24.2 Å². The van der Waals surface area contributed by atoms with Crippen molar-refractivity contribution in [1.29, 1.82) is 0 Å². The molecule has 2 aliphatic rings.